The van der Waals surface area contributed by atoms with Crippen LogP contribution in [0.15, 0.2) is 28.7 Å². The van der Waals surface area contributed by atoms with E-state index in [2.05, 4.69) is 64.9 Å². The molecule has 1 aromatic carbocycles. The van der Waals surface area contributed by atoms with Crippen molar-refractivity contribution >= 4 is 27.6 Å². The summed E-state index contributed by atoms with van der Waals surface area (Å²) in [4.78, 5) is 11.1. The lowest BCUT2D eigenvalue weighted by Gasteiger charge is -2.24. The molecule has 0 aliphatic rings. The number of aryl methyl sites for hydroxylation is 1. The normalized spacial score (nSPS) is 12.5. The van der Waals surface area contributed by atoms with E-state index in [0.717, 1.165) is 22.4 Å². The molecule has 0 radical (unpaired) electrons. The Labute approximate surface area is 146 Å². The molecule has 1 atom stereocenters. The quantitative estimate of drug-likeness (QED) is 0.806. The molecule has 0 saturated carbocycles. The number of rotatable bonds is 5. The van der Waals surface area contributed by atoms with Gasteiger partial charge in [0.05, 0.1) is 17.5 Å². The summed E-state index contributed by atoms with van der Waals surface area (Å²) in [5.74, 6) is 1.09. The van der Waals surface area contributed by atoms with E-state index in [0.29, 0.717) is 17.6 Å². The van der Waals surface area contributed by atoms with Crippen LogP contribution in [0.3, 0.4) is 0 Å². The van der Waals surface area contributed by atoms with Crippen LogP contribution in [0.4, 0.5) is 11.6 Å². The van der Waals surface area contributed by atoms with Gasteiger partial charge in [-0.05, 0) is 66.4 Å². The van der Waals surface area contributed by atoms with Gasteiger partial charge in [0.2, 0.25) is 5.95 Å². The van der Waals surface area contributed by atoms with E-state index in [9.17, 15) is 5.11 Å². The van der Waals surface area contributed by atoms with Crippen LogP contribution in [0.2, 0.25) is 0 Å². The first-order valence-electron chi connectivity index (χ1n) is 7.94. The number of aromatic nitrogens is 2. The van der Waals surface area contributed by atoms with E-state index in [4.69, 9.17) is 0 Å². The minimum Gasteiger partial charge on any atom is -0.387 e. The fraction of sp³-hybridized carbons (Fsp3) is 0.444. The molecule has 0 spiro atoms. The predicted molar refractivity (Wildman–Crippen MR) is 98.3 cm³/mol. The standard InChI is InChI=1S/C18H24BrN3O/c1-6-22(17-8-7-14(11(2)3)10-15(17)19)18-20-12(4)9-16(21-18)13(5)23/h7-11,13,23H,6H2,1-5H3. The Hall–Kier alpha value is -1.46. The molecule has 0 fully saturated rings. The van der Waals surface area contributed by atoms with Gasteiger partial charge in [0.1, 0.15) is 0 Å². The third kappa shape index (κ3) is 4.09. The summed E-state index contributed by atoms with van der Waals surface area (Å²) in [6, 6.07) is 8.20. The number of halogens is 1. The van der Waals surface area contributed by atoms with Crippen LogP contribution in [0.1, 0.15) is 56.7 Å². The van der Waals surface area contributed by atoms with Crippen molar-refractivity contribution in [1.29, 1.82) is 0 Å². The molecule has 4 nitrogen and oxygen atoms in total. The Morgan fingerprint density at radius 2 is 1.87 bits per heavy atom. The van der Waals surface area contributed by atoms with Gasteiger partial charge in [-0.2, -0.15) is 0 Å². The molecular weight excluding hydrogens is 354 g/mol. The summed E-state index contributed by atoms with van der Waals surface area (Å²) < 4.78 is 1.02. The monoisotopic (exact) mass is 377 g/mol. The van der Waals surface area contributed by atoms with E-state index in [-0.39, 0.29) is 0 Å². The Morgan fingerprint density at radius 3 is 2.39 bits per heavy atom. The molecule has 1 heterocycles. The zero-order valence-electron chi connectivity index (χ0n) is 14.3. The highest BCUT2D eigenvalue weighted by Gasteiger charge is 2.17. The second kappa shape index (κ2) is 7.41. The van der Waals surface area contributed by atoms with Crippen molar-refractivity contribution in [2.24, 2.45) is 0 Å². The summed E-state index contributed by atoms with van der Waals surface area (Å²) in [6.45, 7) is 10.8. The third-order valence-corrected chi connectivity index (χ3v) is 4.41. The molecule has 1 N–H and O–H groups in total. The lowest BCUT2D eigenvalue weighted by Crippen LogP contribution is -2.20. The molecule has 23 heavy (non-hydrogen) atoms. The summed E-state index contributed by atoms with van der Waals surface area (Å²) in [6.07, 6.45) is -0.610. The molecule has 1 aromatic heterocycles. The predicted octanol–water partition coefficient (Wildman–Crippen LogP) is 4.88. The smallest absolute Gasteiger partial charge is 0.230 e. The van der Waals surface area contributed by atoms with Gasteiger partial charge >= 0.3 is 0 Å². The first-order chi connectivity index (χ1) is 10.8. The fourth-order valence-corrected chi connectivity index (χ4v) is 3.04. The van der Waals surface area contributed by atoms with Crippen LogP contribution in [0.5, 0.6) is 0 Å². The molecule has 0 aliphatic heterocycles. The van der Waals surface area contributed by atoms with Crippen LogP contribution in [0, 0.1) is 6.92 Å². The number of aliphatic hydroxyl groups excluding tert-OH is 1. The molecule has 2 rings (SSSR count). The first-order valence-corrected chi connectivity index (χ1v) is 8.73. The SMILES string of the molecule is CCN(c1nc(C)cc(C(C)O)n1)c1ccc(C(C)C)cc1Br. The van der Waals surface area contributed by atoms with Gasteiger partial charge in [0.25, 0.3) is 0 Å². The summed E-state index contributed by atoms with van der Waals surface area (Å²) in [5, 5.41) is 9.83. The first kappa shape index (κ1) is 17.9. The summed E-state index contributed by atoms with van der Waals surface area (Å²) in [7, 11) is 0. The number of hydrogen-bond donors (Lipinski definition) is 1. The van der Waals surface area contributed by atoms with Gasteiger partial charge in [-0.3, -0.25) is 0 Å². The van der Waals surface area contributed by atoms with Crippen LogP contribution in [0.25, 0.3) is 0 Å². The third-order valence-electron chi connectivity index (χ3n) is 3.78. The molecule has 5 heteroatoms. The van der Waals surface area contributed by atoms with Crippen molar-refractivity contribution in [2.45, 2.75) is 46.6 Å². The average Bonchev–Trinajstić information content (AvgIpc) is 2.48. The molecule has 124 valence electrons. The highest BCUT2D eigenvalue weighted by Crippen LogP contribution is 2.33. The lowest BCUT2D eigenvalue weighted by atomic mass is 10.0. The second-order valence-electron chi connectivity index (χ2n) is 6.02. The van der Waals surface area contributed by atoms with E-state index in [1.54, 1.807) is 6.92 Å². The molecule has 0 bridgehead atoms. The highest BCUT2D eigenvalue weighted by molar-refractivity contribution is 9.10. The number of benzene rings is 1. The number of hydrogen-bond acceptors (Lipinski definition) is 4. The zero-order valence-corrected chi connectivity index (χ0v) is 15.9. The van der Waals surface area contributed by atoms with Crippen molar-refractivity contribution in [3.63, 3.8) is 0 Å². The van der Waals surface area contributed by atoms with Gasteiger partial charge in [-0.1, -0.05) is 19.9 Å². The number of nitrogens with zero attached hydrogens (tertiary/aromatic N) is 3. The summed E-state index contributed by atoms with van der Waals surface area (Å²) in [5.41, 5.74) is 3.80. The Bertz CT molecular complexity index is 686. The average molecular weight is 378 g/mol. The lowest BCUT2D eigenvalue weighted by molar-refractivity contribution is 0.194. The summed E-state index contributed by atoms with van der Waals surface area (Å²) >= 11 is 3.67. The van der Waals surface area contributed by atoms with E-state index in [1.165, 1.54) is 5.56 Å². The van der Waals surface area contributed by atoms with Crippen LogP contribution >= 0.6 is 15.9 Å². The van der Waals surface area contributed by atoms with Crippen LogP contribution in [-0.4, -0.2) is 21.6 Å². The van der Waals surface area contributed by atoms with Crippen molar-refractivity contribution in [3.05, 3.63) is 45.7 Å². The van der Waals surface area contributed by atoms with Gasteiger partial charge in [0.15, 0.2) is 0 Å². The molecular formula is C18H24BrN3O. The van der Waals surface area contributed by atoms with Crippen molar-refractivity contribution in [1.82, 2.24) is 9.97 Å². The van der Waals surface area contributed by atoms with Crippen molar-refractivity contribution in [3.8, 4) is 0 Å². The molecule has 0 amide bonds. The Kier molecular flexibility index (Phi) is 5.76. The zero-order chi connectivity index (χ0) is 17.1. The maximum atomic E-state index is 9.83. The molecule has 2 aromatic rings. The van der Waals surface area contributed by atoms with Gasteiger partial charge < -0.3 is 10.0 Å². The Morgan fingerprint density at radius 1 is 1.17 bits per heavy atom. The maximum Gasteiger partial charge on any atom is 0.230 e. The largest absolute Gasteiger partial charge is 0.387 e. The minimum atomic E-state index is -0.610. The Balaban J connectivity index is 2.48. The number of anilines is 2. The van der Waals surface area contributed by atoms with Crippen LogP contribution in [-0.2, 0) is 0 Å². The second-order valence-corrected chi connectivity index (χ2v) is 6.87. The number of aliphatic hydroxyl groups is 1. The fourth-order valence-electron chi connectivity index (χ4n) is 2.43. The van der Waals surface area contributed by atoms with Gasteiger partial charge in [-0.25, -0.2) is 9.97 Å². The maximum absolute atomic E-state index is 9.83. The van der Waals surface area contributed by atoms with Gasteiger partial charge in [-0.15, -0.1) is 0 Å². The van der Waals surface area contributed by atoms with E-state index < -0.39 is 6.10 Å². The van der Waals surface area contributed by atoms with E-state index >= 15 is 0 Å². The molecule has 0 aliphatic carbocycles. The van der Waals surface area contributed by atoms with E-state index in [1.807, 2.05) is 17.9 Å². The minimum absolute atomic E-state index is 0.479. The van der Waals surface area contributed by atoms with Crippen molar-refractivity contribution in [2.75, 3.05) is 11.4 Å². The molecule has 1 unspecified atom stereocenters. The van der Waals surface area contributed by atoms with Crippen molar-refractivity contribution < 1.29 is 5.11 Å². The van der Waals surface area contributed by atoms with Crippen LogP contribution < -0.4 is 4.90 Å². The topological polar surface area (TPSA) is 49.2 Å². The highest BCUT2D eigenvalue weighted by atomic mass is 79.9. The van der Waals surface area contributed by atoms with Gasteiger partial charge in [0, 0.05) is 16.7 Å². The molecule has 0 saturated heterocycles.